The number of rotatable bonds is 2. The normalized spacial score (nSPS) is 24.0. The smallest absolute Gasteiger partial charge is 0.226 e. The number of carbonyl (C=O) groups is 1. The van der Waals surface area contributed by atoms with Crippen LogP contribution in [0.2, 0.25) is 0 Å². The van der Waals surface area contributed by atoms with Crippen molar-refractivity contribution >= 4 is 11.7 Å². The molecule has 0 fully saturated rings. The number of nitrogens with one attached hydrogen (secondary N) is 1. The van der Waals surface area contributed by atoms with Gasteiger partial charge in [0, 0.05) is 18.0 Å². The number of hydrogen-bond donors (Lipinski definition) is 1. The van der Waals surface area contributed by atoms with Gasteiger partial charge in [0.15, 0.2) is 0 Å². The van der Waals surface area contributed by atoms with Gasteiger partial charge in [0.2, 0.25) is 5.95 Å². The van der Waals surface area contributed by atoms with Crippen LogP contribution in [0, 0.1) is 18.7 Å². The first-order chi connectivity index (χ1) is 13.1. The number of aryl methyl sites for hydroxylation is 1. The average Bonchev–Trinajstić information content (AvgIpc) is 3.29. The van der Waals surface area contributed by atoms with E-state index >= 15 is 0 Å². The summed E-state index contributed by atoms with van der Waals surface area (Å²) in [6, 6.07) is 9.55. The third kappa shape index (κ3) is 2.58. The Labute approximate surface area is 154 Å². The Hall–Kier alpha value is -3.22. The van der Waals surface area contributed by atoms with Gasteiger partial charge in [-0.05, 0) is 36.8 Å². The van der Waals surface area contributed by atoms with Crippen LogP contribution >= 0.6 is 0 Å². The third-order valence-electron chi connectivity index (χ3n) is 5.18. The first kappa shape index (κ1) is 16.0. The Bertz CT molecular complexity index is 1040. The summed E-state index contributed by atoms with van der Waals surface area (Å²) in [5.41, 5.74) is 1.62. The van der Waals surface area contributed by atoms with E-state index in [1.165, 1.54) is 12.1 Å². The number of fused-ring (bicyclic) bond motifs is 2. The molecule has 1 N–H and O–H groups in total. The van der Waals surface area contributed by atoms with Crippen LogP contribution in [0.5, 0.6) is 0 Å². The van der Waals surface area contributed by atoms with E-state index in [0.29, 0.717) is 18.2 Å². The second-order valence-electron chi connectivity index (χ2n) is 6.94. The Morgan fingerprint density at radius 2 is 2.07 bits per heavy atom. The molecule has 136 valence electrons. The number of ketones is 1. The lowest BCUT2D eigenvalue weighted by molar-refractivity contribution is -0.123. The molecule has 1 aliphatic carbocycles. The number of halogens is 1. The van der Waals surface area contributed by atoms with Gasteiger partial charge in [-0.15, -0.1) is 0 Å². The zero-order valence-corrected chi connectivity index (χ0v) is 14.6. The van der Waals surface area contributed by atoms with Gasteiger partial charge in [-0.2, -0.15) is 10.1 Å². The zero-order chi connectivity index (χ0) is 18.5. The molecule has 6 nitrogen and oxygen atoms in total. The molecule has 0 saturated heterocycles. The van der Waals surface area contributed by atoms with E-state index < -0.39 is 5.92 Å². The minimum absolute atomic E-state index is 0.0922. The van der Waals surface area contributed by atoms with Crippen molar-refractivity contribution in [3.05, 3.63) is 77.4 Å². The summed E-state index contributed by atoms with van der Waals surface area (Å²) in [7, 11) is 0. The van der Waals surface area contributed by atoms with Crippen molar-refractivity contribution in [3.63, 3.8) is 0 Å². The number of allylic oxidation sites excluding steroid dienone is 2. The third-order valence-corrected chi connectivity index (χ3v) is 5.18. The van der Waals surface area contributed by atoms with Crippen molar-refractivity contribution < 1.29 is 13.6 Å². The molecular weight excluding hydrogens is 347 g/mol. The maximum atomic E-state index is 13.4. The average molecular weight is 364 g/mol. The number of furan rings is 1. The molecule has 7 heteroatoms. The predicted octanol–water partition coefficient (Wildman–Crippen LogP) is 3.59. The van der Waals surface area contributed by atoms with E-state index in [4.69, 9.17) is 4.42 Å². The molecule has 3 atom stereocenters. The maximum Gasteiger partial charge on any atom is 0.226 e. The molecule has 1 aliphatic heterocycles. The summed E-state index contributed by atoms with van der Waals surface area (Å²) >= 11 is 0. The van der Waals surface area contributed by atoms with Gasteiger partial charge in [-0.3, -0.25) is 4.79 Å². The first-order valence-corrected chi connectivity index (χ1v) is 8.83. The quantitative estimate of drug-likeness (QED) is 0.752. The number of anilines is 1. The molecule has 0 amide bonds. The topological polar surface area (TPSA) is 73.0 Å². The summed E-state index contributed by atoms with van der Waals surface area (Å²) in [4.78, 5) is 17.6. The number of nitrogens with zero attached hydrogens (tertiary/aromatic N) is 3. The largest absolute Gasteiger partial charge is 0.469 e. The molecule has 0 bridgehead atoms. The Morgan fingerprint density at radius 1 is 1.26 bits per heavy atom. The van der Waals surface area contributed by atoms with Gasteiger partial charge in [0.05, 0.1) is 18.2 Å². The van der Waals surface area contributed by atoms with Crippen LogP contribution in [0.4, 0.5) is 10.3 Å². The Kier molecular flexibility index (Phi) is 3.50. The number of aromatic nitrogens is 3. The summed E-state index contributed by atoms with van der Waals surface area (Å²) in [5, 5.41) is 7.74. The highest BCUT2D eigenvalue weighted by Gasteiger charge is 2.43. The zero-order valence-electron chi connectivity index (χ0n) is 14.6. The SMILES string of the molecule is Cc1nc2n(n1)[C@@H](c1ccc(F)cc1)[C@@H]1C(=O)C[C@H](c3ccco3)C=C1N2. The molecule has 0 unspecified atom stereocenters. The molecule has 3 aromatic rings. The molecule has 5 rings (SSSR count). The van der Waals surface area contributed by atoms with Gasteiger partial charge in [0.1, 0.15) is 23.2 Å². The van der Waals surface area contributed by atoms with Crippen LogP contribution < -0.4 is 5.32 Å². The van der Waals surface area contributed by atoms with Crippen LogP contribution in [0.15, 0.2) is 58.9 Å². The molecule has 0 radical (unpaired) electrons. The number of benzene rings is 1. The second kappa shape index (κ2) is 5.90. The van der Waals surface area contributed by atoms with Crippen LogP contribution in [0.3, 0.4) is 0 Å². The summed E-state index contributed by atoms with van der Waals surface area (Å²) in [6.07, 6.45) is 4.00. The van der Waals surface area contributed by atoms with Gasteiger partial charge in [-0.1, -0.05) is 18.2 Å². The van der Waals surface area contributed by atoms with Crippen molar-refractivity contribution in [1.29, 1.82) is 0 Å². The lowest BCUT2D eigenvalue weighted by Gasteiger charge is -2.37. The fourth-order valence-corrected chi connectivity index (χ4v) is 4.02. The Balaban J connectivity index is 1.65. The molecular formula is C20H17FN4O2. The maximum absolute atomic E-state index is 13.4. The lowest BCUT2D eigenvalue weighted by Crippen LogP contribution is -2.40. The fourth-order valence-electron chi connectivity index (χ4n) is 4.02. The highest BCUT2D eigenvalue weighted by Crippen LogP contribution is 2.44. The van der Waals surface area contributed by atoms with Crippen molar-refractivity contribution in [3.8, 4) is 0 Å². The van der Waals surface area contributed by atoms with E-state index in [9.17, 15) is 9.18 Å². The van der Waals surface area contributed by atoms with E-state index in [-0.39, 0.29) is 23.6 Å². The van der Waals surface area contributed by atoms with Crippen LogP contribution in [0.25, 0.3) is 0 Å². The standard InChI is InChI=1S/C20H17FN4O2/c1-11-22-20-23-15-9-13(17-3-2-8-27-17)10-16(26)18(15)19(25(20)24-11)12-4-6-14(21)7-5-12/h2-9,13,18-19H,10H2,1H3,(H,22,23,24)/t13-,18+,19+/m1/s1. The van der Waals surface area contributed by atoms with E-state index in [1.807, 2.05) is 18.2 Å². The lowest BCUT2D eigenvalue weighted by atomic mass is 9.77. The second-order valence-corrected chi connectivity index (χ2v) is 6.94. The molecule has 27 heavy (non-hydrogen) atoms. The molecule has 0 saturated carbocycles. The predicted molar refractivity (Wildman–Crippen MR) is 95.6 cm³/mol. The van der Waals surface area contributed by atoms with Crippen molar-refractivity contribution in [2.75, 3.05) is 5.32 Å². The molecule has 2 aromatic heterocycles. The van der Waals surface area contributed by atoms with Gasteiger partial charge < -0.3 is 9.73 Å². The van der Waals surface area contributed by atoms with E-state index in [2.05, 4.69) is 15.4 Å². The highest BCUT2D eigenvalue weighted by molar-refractivity contribution is 5.88. The molecule has 2 aliphatic rings. The fraction of sp³-hybridized carbons (Fsp3) is 0.250. The molecule has 3 heterocycles. The monoisotopic (exact) mass is 364 g/mol. The first-order valence-electron chi connectivity index (χ1n) is 8.83. The number of carbonyl (C=O) groups excluding carboxylic acids is 1. The minimum atomic E-state index is -0.421. The molecule has 1 aromatic carbocycles. The van der Waals surface area contributed by atoms with Crippen LogP contribution in [-0.4, -0.2) is 20.5 Å². The Morgan fingerprint density at radius 3 is 2.81 bits per heavy atom. The van der Waals surface area contributed by atoms with Crippen LogP contribution in [0.1, 0.15) is 35.5 Å². The van der Waals surface area contributed by atoms with E-state index in [0.717, 1.165) is 17.0 Å². The van der Waals surface area contributed by atoms with Crippen LogP contribution in [-0.2, 0) is 4.79 Å². The van der Waals surface area contributed by atoms with Gasteiger partial charge in [0.25, 0.3) is 0 Å². The van der Waals surface area contributed by atoms with Crippen molar-refractivity contribution in [2.45, 2.75) is 25.3 Å². The number of hydrogen-bond acceptors (Lipinski definition) is 5. The van der Waals surface area contributed by atoms with Gasteiger partial charge >= 0.3 is 0 Å². The molecule has 0 spiro atoms. The number of Topliss-reactive ketones (excluding diaryl/α,β-unsaturated/α-hetero) is 1. The summed E-state index contributed by atoms with van der Waals surface area (Å²) in [5.74, 6) is 1.19. The minimum Gasteiger partial charge on any atom is -0.469 e. The van der Waals surface area contributed by atoms with Crippen molar-refractivity contribution in [2.24, 2.45) is 5.92 Å². The highest BCUT2D eigenvalue weighted by atomic mass is 19.1. The van der Waals surface area contributed by atoms with Gasteiger partial charge in [-0.25, -0.2) is 9.07 Å². The summed E-state index contributed by atoms with van der Waals surface area (Å²) in [6.45, 7) is 1.81. The summed E-state index contributed by atoms with van der Waals surface area (Å²) < 4.78 is 20.7. The van der Waals surface area contributed by atoms with Crippen molar-refractivity contribution in [1.82, 2.24) is 14.8 Å². The van der Waals surface area contributed by atoms with E-state index in [1.54, 1.807) is 30.0 Å².